The Kier molecular flexibility index (Phi) is 4.42. The highest BCUT2D eigenvalue weighted by Crippen LogP contribution is 2.25. The number of aliphatic hydroxyl groups is 1. The topological polar surface area (TPSA) is 37.2 Å². The average Bonchev–Trinajstić information content (AvgIpc) is 2.62. The monoisotopic (exact) mass is 224 g/mol. The summed E-state index contributed by atoms with van der Waals surface area (Å²) in [5, 5.41) is 9.49. The van der Waals surface area contributed by atoms with E-state index in [9.17, 15) is 5.11 Å². The smallest absolute Gasteiger partial charge is 0.0504 e. The maximum atomic E-state index is 9.49. The molecule has 0 bridgehead atoms. The van der Waals surface area contributed by atoms with Crippen molar-refractivity contribution in [2.75, 3.05) is 18.6 Å². The van der Waals surface area contributed by atoms with Crippen LogP contribution >= 0.6 is 0 Å². The molecule has 0 saturated heterocycles. The first-order chi connectivity index (χ1) is 7.58. The molecule has 0 spiro atoms. The summed E-state index contributed by atoms with van der Waals surface area (Å²) in [5.74, 6) is 0. The lowest BCUT2D eigenvalue weighted by Crippen LogP contribution is -2.36. The second kappa shape index (κ2) is 5.39. The predicted octanol–water partition coefficient (Wildman–Crippen LogP) is 2.45. The van der Waals surface area contributed by atoms with E-state index in [1.54, 1.807) is 0 Å². The predicted molar refractivity (Wildman–Crippen MR) is 68.2 cm³/mol. The first-order valence-corrected chi connectivity index (χ1v) is 6.08. The van der Waals surface area contributed by atoms with E-state index in [4.69, 9.17) is 0 Å². The van der Waals surface area contributed by atoms with Crippen LogP contribution in [0.1, 0.15) is 38.1 Å². The third-order valence-corrected chi connectivity index (χ3v) is 3.72. The van der Waals surface area contributed by atoms with Crippen molar-refractivity contribution < 1.29 is 5.11 Å². The summed E-state index contributed by atoms with van der Waals surface area (Å²) in [6.07, 6.45) is 1.98. The average molecular weight is 224 g/mol. The highest BCUT2D eigenvalue weighted by Gasteiger charge is 2.25. The van der Waals surface area contributed by atoms with Crippen molar-refractivity contribution >= 4 is 0 Å². The van der Waals surface area contributed by atoms with Gasteiger partial charge in [0.15, 0.2) is 0 Å². The van der Waals surface area contributed by atoms with Crippen LogP contribution in [0.25, 0.3) is 0 Å². The fourth-order valence-electron chi connectivity index (χ4n) is 1.94. The lowest BCUT2D eigenvalue weighted by Gasteiger charge is -2.30. The second-order valence-corrected chi connectivity index (χ2v) is 4.65. The van der Waals surface area contributed by atoms with E-state index in [0.717, 1.165) is 19.4 Å². The Labute approximate surface area is 98.4 Å². The first-order valence-electron chi connectivity index (χ1n) is 6.08. The molecule has 0 aliphatic rings. The molecule has 2 N–H and O–H groups in total. The molecule has 1 heterocycles. The number of aromatic nitrogens is 1. The van der Waals surface area contributed by atoms with Crippen LogP contribution in [0.4, 0.5) is 0 Å². The first kappa shape index (κ1) is 13.1. The van der Waals surface area contributed by atoms with Gasteiger partial charge in [0, 0.05) is 23.3 Å². The quantitative estimate of drug-likeness (QED) is 0.779. The fraction of sp³-hybridized carbons (Fsp3) is 0.692. The number of nitrogens with zero attached hydrogens (tertiary/aromatic N) is 1. The van der Waals surface area contributed by atoms with Gasteiger partial charge in [-0.3, -0.25) is 4.68 Å². The Morgan fingerprint density at radius 2 is 1.69 bits per heavy atom. The Morgan fingerprint density at radius 1 is 1.19 bits per heavy atom. The van der Waals surface area contributed by atoms with Crippen molar-refractivity contribution in [3.05, 3.63) is 23.5 Å². The molecule has 92 valence electrons. The number of nitrogens with one attached hydrogen (secondary N) is 1. The fourth-order valence-corrected chi connectivity index (χ4v) is 1.94. The van der Waals surface area contributed by atoms with Crippen LogP contribution in [0.15, 0.2) is 12.1 Å². The zero-order valence-corrected chi connectivity index (χ0v) is 10.9. The molecule has 1 aromatic rings. The van der Waals surface area contributed by atoms with Gasteiger partial charge in [0.05, 0.1) is 6.61 Å². The van der Waals surface area contributed by atoms with Crippen LogP contribution in [0.2, 0.25) is 0 Å². The summed E-state index contributed by atoms with van der Waals surface area (Å²) < 4.78 is 2.09. The standard InChI is InChI=1S/C13H24N2O/c1-5-13(6-2,10-16)9-14-15-11(3)7-8-12(15)4/h7-8,14,16H,5-6,9-10H2,1-4H3. The van der Waals surface area contributed by atoms with Crippen molar-refractivity contribution in [1.29, 1.82) is 0 Å². The Morgan fingerprint density at radius 3 is 2.06 bits per heavy atom. The Hall–Kier alpha value is -0.960. The molecule has 1 aromatic heterocycles. The zero-order valence-electron chi connectivity index (χ0n) is 10.9. The molecule has 0 unspecified atom stereocenters. The number of hydrogen-bond acceptors (Lipinski definition) is 2. The molecule has 0 atom stereocenters. The Bertz CT molecular complexity index is 299. The van der Waals surface area contributed by atoms with Gasteiger partial charge in [-0.2, -0.15) is 0 Å². The van der Waals surface area contributed by atoms with Crippen LogP contribution in [-0.2, 0) is 0 Å². The molecule has 16 heavy (non-hydrogen) atoms. The summed E-state index contributed by atoms with van der Waals surface area (Å²) in [7, 11) is 0. The number of aliphatic hydroxyl groups excluding tert-OH is 1. The molecule has 1 rings (SSSR count). The zero-order chi connectivity index (χ0) is 12.2. The van der Waals surface area contributed by atoms with Crippen molar-refractivity contribution in [3.63, 3.8) is 0 Å². The van der Waals surface area contributed by atoms with E-state index < -0.39 is 0 Å². The number of aryl methyl sites for hydroxylation is 2. The van der Waals surface area contributed by atoms with Gasteiger partial charge in [0.25, 0.3) is 0 Å². The minimum Gasteiger partial charge on any atom is -0.396 e. The van der Waals surface area contributed by atoms with Gasteiger partial charge in [-0.15, -0.1) is 0 Å². The van der Waals surface area contributed by atoms with Crippen LogP contribution in [-0.4, -0.2) is 22.9 Å². The van der Waals surface area contributed by atoms with E-state index in [-0.39, 0.29) is 12.0 Å². The summed E-state index contributed by atoms with van der Waals surface area (Å²) in [6.45, 7) is 9.49. The highest BCUT2D eigenvalue weighted by molar-refractivity contribution is 5.15. The minimum atomic E-state index is 0.00313. The van der Waals surface area contributed by atoms with Crippen LogP contribution in [0.3, 0.4) is 0 Å². The van der Waals surface area contributed by atoms with Crippen molar-refractivity contribution in [2.24, 2.45) is 5.41 Å². The van der Waals surface area contributed by atoms with Gasteiger partial charge < -0.3 is 10.5 Å². The normalized spacial score (nSPS) is 11.8. The maximum absolute atomic E-state index is 9.49. The highest BCUT2D eigenvalue weighted by atomic mass is 16.3. The van der Waals surface area contributed by atoms with E-state index >= 15 is 0 Å². The lowest BCUT2D eigenvalue weighted by molar-refractivity contribution is 0.124. The third kappa shape index (κ3) is 2.59. The molecule has 0 saturated carbocycles. The van der Waals surface area contributed by atoms with Crippen molar-refractivity contribution in [3.8, 4) is 0 Å². The second-order valence-electron chi connectivity index (χ2n) is 4.65. The molecule has 0 amide bonds. The summed E-state index contributed by atoms with van der Waals surface area (Å²) in [6, 6.07) is 4.20. The number of rotatable bonds is 6. The molecule has 3 heteroatoms. The molecule has 0 aromatic carbocycles. The molecule has 0 aliphatic carbocycles. The third-order valence-electron chi connectivity index (χ3n) is 3.72. The molecule has 0 aliphatic heterocycles. The summed E-state index contributed by atoms with van der Waals surface area (Å²) in [5.41, 5.74) is 5.82. The van der Waals surface area contributed by atoms with Crippen LogP contribution < -0.4 is 5.43 Å². The minimum absolute atomic E-state index is 0.00313. The molecule has 3 nitrogen and oxygen atoms in total. The van der Waals surface area contributed by atoms with E-state index in [1.165, 1.54) is 11.4 Å². The van der Waals surface area contributed by atoms with Gasteiger partial charge in [0.1, 0.15) is 0 Å². The molecule has 0 fully saturated rings. The summed E-state index contributed by atoms with van der Waals surface area (Å²) in [4.78, 5) is 0. The van der Waals surface area contributed by atoms with E-state index in [1.807, 2.05) is 0 Å². The molecule has 0 radical (unpaired) electrons. The van der Waals surface area contributed by atoms with Gasteiger partial charge in [-0.1, -0.05) is 13.8 Å². The van der Waals surface area contributed by atoms with E-state index in [2.05, 4.69) is 49.9 Å². The SMILES string of the molecule is CCC(CC)(CO)CNn1c(C)ccc1C. The Balaban J connectivity index is 2.69. The molecular formula is C13H24N2O. The van der Waals surface area contributed by atoms with Gasteiger partial charge in [-0.05, 0) is 38.8 Å². The van der Waals surface area contributed by atoms with Gasteiger partial charge in [-0.25, -0.2) is 0 Å². The van der Waals surface area contributed by atoms with Crippen molar-refractivity contribution in [2.45, 2.75) is 40.5 Å². The molecular weight excluding hydrogens is 200 g/mol. The van der Waals surface area contributed by atoms with Gasteiger partial charge in [0.2, 0.25) is 0 Å². The maximum Gasteiger partial charge on any atom is 0.0504 e. The summed E-state index contributed by atoms with van der Waals surface area (Å²) >= 11 is 0. The van der Waals surface area contributed by atoms with Crippen LogP contribution in [0.5, 0.6) is 0 Å². The van der Waals surface area contributed by atoms with Crippen LogP contribution in [0, 0.1) is 19.3 Å². The lowest BCUT2D eigenvalue weighted by atomic mass is 9.83. The number of hydrogen-bond donors (Lipinski definition) is 2. The van der Waals surface area contributed by atoms with Gasteiger partial charge >= 0.3 is 0 Å². The largest absolute Gasteiger partial charge is 0.396 e. The van der Waals surface area contributed by atoms with E-state index in [0.29, 0.717) is 0 Å². The van der Waals surface area contributed by atoms with Crippen molar-refractivity contribution in [1.82, 2.24) is 4.68 Å².